The van der Waals surface area contributed by atoms with E-state index >= 15 is 0 Å². The third-order valence-corrected chi connectivity index (χ3v) is 2.89. The van der Waals surface area contributed by atoms with Gasteiger partial charge in [0.2, 0.25) is 0 Å². The molecule has 0 amide bonds. The summed E-state index contributed by atoms with van der Waals surface area (Å²) in [5.41, 5.74) is 1.13. The second kappa shape index (κ2) is 5.65. The van der Waals surface area contributed by atoms with E-state index in [1.54, 1.807) is 24.3 Å². The number of rotatable bonds is 3. The first-order valence-corrected chi connectivity index (χ1v) is 5.87. The molecular weight excluding hydrogens is 262 g/mol. The Morgan fingerprint density at radius 2 is 1.80 bits per heavy atom. The van der Waals surface area contributed by atoms with Crippen LogP contribution in [-0.4, -0.2) is 13.1 Å². The van der Waals surface area contributed by atoms with Crippen LogP contribution < -0.4 is 0 Å². The number of benzene rings is 2. The van der Waals surface area contributed by atoms with Crippen LogP contribution in [0.4, 0.5) is 8.78 Å². The highest BCUT2D eigenvalue weighted by Gasteiger charge is 2.19. The van der Waals surface area contributed by atoms with Crippen molar-refractivity contribution in [3.05, 3.63) is 65.7 Å². The number of carbonyl (C=O) groups excluding carboxylic acids is 1. The Morgan fingerprint density at radius 1 is 1.15 bits per heavy atom. The molecule has 0 aliphatic rings. The molecule has 0 saturated carbocycles. The highest BCUT2D eigenvalue weighted by Crippen LogP contribution is 2.25. The van der Waals surface area contributed by atoms with E-state index in [0.29, 0.717) is 11.1 Å². The maximum Gasteiger partial charge on any atom is 0.343 e. The molecule has 0 bridgehead atoms. The smallest absolute Gasteiger partial charge is 0.343 e. The van der Waals surface area contributed by atoms with Crippen LogP contribution in [0.5, 0.6) is 0 Å². The number of ether oxygens (including phenoxy) is 1. The summed E-state index contributed by atoms with van der Waals surface area (Å²) in [5, 5.41) is 0. The fourth-order valence-electron chi connectivity index (χ4n) is 1.88. The molecule has 0 aliphatic carbocycles. The van der Waals surface area contributed by atoms with Crippen molar-refractivity contribution >= 4 is 12.0 Å². The Morgan fingerprint density at radius 3 is 2.35 bits per heavy atom. The molecule has 2 rings (SSSR count). The first kappa shape index (κ1) is 13.9. The van der Waals surface area contributed by atoms with E-state index in [1.807, 2.05) is 6.07 Å². The Balaban J connectivity index is 2.54. The van der Waals surface area contributed by atoms with E-state index < -0.39 is 23.2 Å². The van der Waals surface area contributed by atoms with E-state index in [1.165, 1.54) is 0 Å². The third-order valence-electron chi connectivity index (χ3n) is 2.89. The molecule has 0 heterocycles. The van der Waals surface area contributed by atoms with Gasteiger partial charge >= 0.3 is 5.97 Å². The summed E-state index contributed by atoms with van der Waals surface area (Å²) >= 11 is 0. The van der Waals surface area contributed by atoms with Crippen LogP contribution in [0, 0.1) is 11.6 Å². The van der Waals surface area contributed by atoms with Crippen LogP contribution in [0.25, 0.3) is 17.2 Å². The SMILES string of the molecule is C=Cc1cccc(-c2cc(F)c(C(=O)OC)c(F)c2)c1. The monoisotopic (exact) mass is 274 g/mol. The van der Waals surface area contributed by atoms with E-state index in [2.05, 4.69) is 11.3 Å². The van der Waals surface area contributed by atoms with E-state index in [-0.39, 0.29) is 0 Å². The molecule has 0 aromatic heterocycles. The first-order valence-electron chi connectivity index (χ1n) is 5.87. The summed E-state index contributed by atoms with van der Waals surface area (Å²) < 4.78 is 32.1. The Hall–Kier alpha value is -2.49. The number of methoxy groups -OCH3 is 1. The van der Waals surface area contributed by atoms with Crippen LogP contribution in [0.2, 0.25) is 0 Å². The molecule has 0 saturated heterocycles. The van der Waals surface area contributed by atoms with Gasteiger partial charge in [-0.15, -0.1) is 0 Å². The van der Waals surface area contributed by atoms with Crippen LogP contribution in [0.15, 0.2) is 43.0 Å². The predicted molar refractivity (Wildman–Crippen MR) is 73.2 cm³/mol. The van der Waals surface area contributed by atoms with Gasteiger partial charge < -0.3 is 4.74 Å². The van der Waals surface area contributed by atoms with Crippen molar-refractivity contribution in [3.8, 4) is 11.1 Å². The first-order chi connectivity index (χ1) is 9.56. The minimum Gasteiger partial charge on any atom is -0.465 e. The minimum absolute atomic E-state index is 0.344. The highest BCUT2D eigenvalue weighted by atomic mass is 19.1. The van der Waals surface area contributed by atoms with Crippen molar-refractivity contribution in [3.63, 3.8) is 0 Å². The molecular formula is C16H12F2O2. The van der Waals surface area contributed by atoms with Gasteiger partial charge in [0.25, 0.3) is 0 Å². The highest BCUT2D eigenvalue weighted by molar-refractivity contribution is 5.90. The second-order valence-electron chi connectivity index (χ2n) is 4.14. The van der Waals surface area contributed by atoms with E-state index in [0.717, 1.165) is 24.8 Å². The van der Waals surface area contributed by atoms with Gasteiger partial charge in [-0.25, -0.2) is 13.6 Å². The normalized spacial score (nSPS) is 10.2. The predicted octanol–water partition coefficient (Wildman–Crippen LogP) is 4.06. The molecule has 0 spiro atoms. The Bertz CT molecular complexity index is 655. The van der Waals surface area contributed by atoms with Crippen LogP contribution >= 0.6 is 0 Å². The fraction of sp³-hybridized carbons (Fsp3) is 0.0625. The largest absolute Gasteiger partial charge is 0.465 e. The number of hydrogen-bond donors (Lipinski definition) is 0. The maximum atomic E-state index is 13.9. The van der Waals surface area contributed by atoms with Gasteiger partial charge in [0, 0.05) is 0 Å². The van der Waals surface area contributed by atoms with Crippen molar-refractivity contribution in [1.29, 1.82) is 0 Å². The van der Waals surface area contributed by atoms with Crippen molar-refractivity contribution in [2.45, 2.75) is 0 Å². The number of esters is 1. The van der Waals surface area contributed by atoms with Crippen LogP contribution in [0.1, 0.15) is 15.9 Å². The van der Waals surface area contributed by atoms with E-state index in [4.69, 9.17) is 0 Å². The van der Waals surface area contributed by atoms with Gasteiger partial charge in [-0.3, -0.25) is 0 Å². The zero-order chi connectivity index (χ0) is 14.7. The second-order valence-corrected chi connectivity index (χ2v) is 4.14. The molecule has 0 aliphatic heterocycles. The summed E-state index contributed by atoms with van der Waals surface area (Å²) in [6, 6.07) is 9.27. The molecule has 0 fully saturated rings. The lowest BCUT2D eigenvalue weighted by atomic mass is 10.0. The average molecular weight is 274 g/mol. The topological polar surface area (TPSA) is 26.3 Å². The molecule has 4 heteroatoms. The Kier molecular flexibility index (Phi) is 3.94. The lowest BCUT2D eigenvalue weighted by Gasteiger charge is -2.07. The Labute approximate surface area is 115 Å². The summed E-state index contributed by atoms with van der Waals surface area (Å²) in [6.07, 6.45) is 1.64. The summed E-state index contributed by atoms with van der Waals surface area (Å²) in [5.74, 6) is -2.93. The summed E-state index contributed by atoms with van der Waals surface area (Å²) in [6.45, 7) is 3.64. The zero-order valence-electron chi connectivity index (χ0n) is 10.8. The maximum absolute atomic E-state index is 13.9. The summed E-state index contributed by atoms with van der Waals surface area (Å²) in [4.78, 5) is 11.3. The van der Waals surface area contributed by atoms with Gasteiger partial charge in [0.05, 0.1) is 7.11 Å². The van der Waals surface area contributed by atoms with Crippen molar-refractivity contribution in [2.24, 2.45) is 0 Å². The molecule has 2 nitrogen and oxygen atoms in total. The molecule has 0 N–H and O–H groups in total. The minimum atomic E-state index is -1.04. The lowest BCUT2D eigenvalue weighted by molar-refractivity contribution is 0.0590. The lowest BCUT2D eigenvalue weighted by Crippen LogP contribution is -2.08. The molecule has 2 aromatic rings. The van der Waals surface area contributed by atoms with Crippen molar-refractivity contribution in [2.75, 3.05) is 7.11 Å². The van der Waals surface area contributed by atoms with Gasteiger partial charge in [-0.05, 0) is 34.9 Å². The molecule has 2 aromatic carbocycles. The van der Waals surface area contributed by atoms with E-state index in [9.17, 15) is 13.6 Å². The average Bonchev–Trinajstić information content (AvgIpc) is 2.46. The van der Waals surface area contributed by atoms with Gasteiger partial charge in [0.15, 0.2) is 0 Å². The number of halogens is 2. The van der Waals surface area contributed by atoms with Gasteiger partial charge in [-0.1, -0.05) is 30.9 Å². The van der Waals surface area contributed by atoms with Gasteiger partial charge in [-0.2, -0.15) is 0 Å². The standard InChI is InChI=1S/C16H12F2O2/c1-3-10-5-4-6-11(7-10)12-8-13(17)15(14(18)9-12)16(19)20-2/h3-9H,1H2,2H3. The van der Waals surface area contributed by atoms with Crippen LogP contribution in [-0.2, 0) is 4.74 Å². The zero-order valence-corrected chi connectivity index (χ0v) is 10.8. The van der Waals surface area contributed by atoms with Crippen molar-refractivity contribution in [1.82, 2.24) is 0 Å². The van der Waals surface area contributed by atoms with Crippen molar-refractivity contribution < 1.29 is 18.3 Å². The molecule has 0 radical (unpaired) electrons. The molecule has 102 valence electrons. The summed E-state index contributed by atoms with van der Waals surface area (Å²) in [7, 11) is 1.07. The molecule has 20 heavy (non-hydrogen) atoms. The van der Waals surface area contributed by atoms with Gasteiger partial charge in [0.1, 0.15) is 17.2 Å². The molecule has 0 atom stereocenters. The third kappa shape index (κ3) is 2.59. The fourth-order valence-corrected chi connectivity index (χ4v) is 1.88. The number of carbonyl (C=O) groups is 1. The quantitative estimate of drug-likeness (QED) is 0.789. The number of hydrogen-bond acceptors (Lipinski definition) is 2. The van der Waals surface area contributed by atoms with Crippen LogP contribution in [0.3, 0.4) is 0 Å². The molecule has 0 unspecified atom stereocenters.